The van der Waals surface area contributed by atoms with Gasteiger partial charge in [-0.1, -0.05) is 20.8 Å². The van der Waals surface area contributed by atoms with Gasteiger partial charge in [-0.05, 0) is 13.0 Å². The third-order valence-corrected chi connectivity index (χ3v) is 4.55. The van der Waals surface area contributed by atoms with Crippen molar-refractivity contribution in [3.8, 4) is 0 Å². The van der Waals surface area contributed by atoms with Crippen molar-refractivity contribution in [3.63, 3.8) is 0 Å². The summed E-state index contributed by atoms with van der Waals surface area (Å²) >= 11 is 1.60. The molecule has 0 aliphatic rings. The zero-order valence-electron chi connectivity index (χ0n) is 10.2. The highest BCUT2D eigenvalue weighted by Gasteiger charge is 2.17. The maximum Gasteiger partial charge on any atom is 0.105 e. The van der Waals surface area contributed by atoms with E-state index < -0.39 is 10.8 Å². The maximum absolute atomic E-state index is 11.7. The Morgan fingerprint density at radius 2 is 2.19 bits per heavy atom. The molecular formula is C11H20N2OS2. The molecule has 16 heavy (non-hydrogen) atoms. The van der Waals surface area contributed by atoms with Crippen LogP contribution >= 0.6 is 11.3 Å². The second kappa shape index (κ2) is 5.89. The first-order chi connectivity index (χ1) is 7.43. The topological polar surface area (TPSA) is 56.0 Å². The summed E-state index contributed by atoms with van der Waals surface area (Å²) in [5.41, 5.74) is 6.55. The number of hydrogen-bond donors (Lipinski definition) is 1. The molecule has 0 aliphatic carbocycles. The van der Waals surface area contributed by atoms with Gasteiger partial charge in [0.1, 0.15) is 5.01 Å². The van der Waals surface area contributed by atoms with Crippen molar-refractivity contribution in [2.75, 3.05) is 12.3 Å². The van der Waals surface area contributed by atoms with Gasteiger partial charge in [0.15, 0.2) is 0 Å². The normalized spacial score (nSPS) is 14.0. The first-order valence-electron chi connectivity index (χ1n) is 5.43. The minimum Gasteiger partial charge on any atom is -0.330 e. The fourth-order valence-electron chi connectivity index (χ4n) is 1.18. The molecule has 3 nitrogen and oxygen atoms in total. The van der Waals surface area contributed by atoms with Crippen molar-refractivity contribution < 1.29 is 4.21 Å². The van der Waals surface area contributed by atoms with E-state index in [1.54, 1.807) is 11.3 Å². The monoisotopic (exact) mass is 260 g/mol. The molecule has 0 spiro atoms. The van der Waals surface area contributed by atoms with E-state index in [-0.39, 0.29) is 5.41 Å². The van der Waals surface area contributed by atoms with E-state index in [1.165, 1.54) is 0 Å². The molecule has 1 aromatic heterocycles. The molecular weight excluding hydrogens is 240 g/mol. The third kappa shape index (κ3) is 4.31. The molecule has 0 aliphatic heterocycles. The predicted molar refractivity (Wildman–Crippen MR) is 71.2 cm³/mol. The average Bonchev–Trinajstić information content (AvgIpc) is 2.62. The summed E-state index contributed by atoms with van der Waals surface area (Å²) in [6.07, 6.45) is 0.824. The molecule has 0 saturated heterocycles. The van der Waals surface area contributed by atoms with Gasteiger partial charge in [-0.3, -0.25) is 4.21 Å². The molecule has 1 heterocycles. The van der Waals surface area contributed by atoms with Crippen LogP contribution in [0.3, 0.4) is 0 Å². The zero-order valence-corrected chi connectivity index (χ0v) is 11.8. The molecule has 92 valence electrons. The highest BCUT2D eigenvalue weighted by molar-refractivity contribution is 7.84. The standard InChI is InChI=1S/C11H20N2OS2/c1-11(2,3)9-7-15-10(13-9)8-16(14)6-4-5-12/h7H,4-6,8,12H2,1-3H3. The lowest BCUT2D eigenvalue weighted by Crippen LogP contribution is -2.12. The van der Waals surface area contributed by atoms with Gasteiger partial charge >= 0.3 is 0 Å². The van der Waals surface area contributed by atoms with Crippen LogP contribution in [-0.4, -0.2) is 21.5 Å². The quantitative estimate of drug-likeness (QED) is 0.881. The first-order valence-corrected chi connectivity index (χ1v) is 7.80. The second-order valence-corrected chi connectivity index (χ2v) is 7.33. The molecule has 0 saturated carbocycles. The average molecular weight is 260 g/mol. The molecule has 2 N–H and O–H groups in total. The van der Waals surface area contributed by atoms with E-state index in [0.717, 1.165) is 17.1 Å². The van der Waals surface area contributed by atoms with Crippen LogP contribution in [0.5, 0.6) is 0 Å². The summed E-state index contributed by atoms with van der Waals surface area (Å²) in [6.45, 7) is 7.02. The summed E-state index contributed by atoms with van der Waals surface area (Å²) in [5, 5.41) is 3.04. The largest absolute Gasteiger partial charge is 0.330 e. The Morgan fingerprint density at radius 3 is 2.69 bits per heavy atom. The maximum atomic E-state index is 11.7. The lowest BCUT2D eigenvalue weighted by molar-refractivity contribution is 0.571. The number of nitrogens with zero attached hydrogens (tertiary/aromatic N) is 1. The molecule has 1 unspecified atom stereocenters. The molecule has 1 rings (SSSR count). The molecule has 0 radical (unpaired) electrons. The molecule has 5 heteroatoms. The number of thiazole rings is 1. The summed E-state index contributed by atoms with van der Waals surface area (Å²) < 4.78 is 11.7. The number of nitrogens with two attached hydrogens (primary N) is 1. The summed E-state index contributed by atoms with van der Waals surface area (Å²) in [7, 11) is -0.816. The van der Waals surface area contributed by atoms with Crippen molar-refractivity contribution in [1.29, 1.82) is 0 Å². The van der Waals surface area contributed by atoms with E-state index in [0.29, 0.717) is 18.1 Å². The van der Waals surface area contributed by atoms with E-state index in [2.05, 4.69) is 31.1 Å². The van der Waals surface area contributed by atoms with Crippen LogP contribution in [0.2, 0.25) is 0 Å². The van der Waals surface area contributed by atoms with E-state index in [1.807, 2.05) is 0 Å². The lowest BCUT2D eigenvalue weighted by atomic mass is 9.93. The van der Waals surface area contributed by atoms with Gasteiger partial charge in [0, 0.05) is 27.3 Å². The summed E-state index contributed by atoms with van der Waals surface area (Å²) in [5.74, 6) is 1.25. The zero-order chi connectivity index (χ0) is 12.2. The van der Waals surface area contributed by atoms with Crippen LogP contribution < -0.4 is 5.73 Å². The Labute approximate surface area is 104 Å². The van der Waals surface area contributed by atoms with Crippen LogP contribution in [0.4, 0.5) is 0 Å². The van der Waals surface area contributed by atoms with Crippen LogP contribution in [0, 0.1) is 0 Å². The fourth-order valence-corrected chi connectivity index (χ4v) is 3.62. The van der Waals surface area contributed by atoms with Gasteiger partial charge in [0.25, 0.3) is 0 Å². The van der Waals surface area contributed by atoms with Crippen LogP contribution in [-0.2, 0) is 22.0 Å². The summed E-state index contributed by atoms with van der Waals surface area (Å²) in [6, 6.07) is 0. The van der Waals surface area contributed by atoms with Crippen LogP contribution in [0.25, 0.3) is 0 Å². The summed E-state index contributed by atoms with van der Waals surface area (Å²) in [4.78, 5) is 4.52. The second-order valence-electron chi connectivity index (χ2n) is 4.81. The van der Waals surface area contributed by atoms with Gasteiger partial charge in [0.2, 0.25) is 0 Å². The van der Waals surface area contributed by atoms with Crippen molar-refractivity contribution in [2.24, 2.45) is 5.73 Å². The van der Waals surface area contributed by atoms with Crippen LogP contribution in [0.1, 0.15) is 37.9 Å². The van der Waals surface area contributed by atoms with Crippen LogP contribution in [0.15, 0.2) is 5.38 Å². The van der Waals surface area contributed by atoms with Crippen molar-refractivity contribution in [3.05, 3.63) is 16.1 Å². The number of hydrogen-bond acceptors (Lipinski definition) is 4. The molecule has 0 bridgehead atoms. The molecule has 1 atom stereocenters. The van der Waals surface area contributed by atoms with Gasteiger partial charge in [-0.25, -0.2) is 4.98 Å². The van der Waals surface area contributed by atoms with Crippen molar-refractivity contribution in [2.45, 2.75) is 38.4 Å². The minimum atomic E-state index is -0.816. The Balaban J connectivity index is 2.56. The van der Waals surface area contributed by atoms with Gasteiger partial charge in [-0.15, -0.1) is 11.3 Å². The van der Waals surface area contributed by atoms with Gasteiger partial charge < -0.3 is 5.73 Å². The smallest absolute Gasteiger partial charge is 0.105 e. The van der Waals surface area contributed by atoms with Crippen molar-refractivity contribution in [1.82, 2.24) is 4.98 Å². The van der Waals surface area contributed by atoms with E-state index >= 15 is 0 Å². The lowest BCUT2D eigenvalue weighted by Gasteiger charge is -2.14. The van der Waals surface area contributed by atoms with E-state index in [4.69, 9.17) is 5.73 Å². The molecule has 1 aromatic rings. The minimum absolute atomic E-state index is 0.0769. The van der Waals surface area contributed by atoms with Gasteiger partial charge in [0.05, 0.1) is 11.4 Å². The number of aromatic nitrogens is 1. The Hall–Kier alpha value is -0.260. The molecule has 0 amide bonds. The molecule has 0 aromatic carbocycles. The van der Waals surface area contributed by atoms with E-state index in [9.17, 15) is 4.21 Å². The Morgan fingerprint density at radius 1 is 1.50 bits per heavy atom. The Bertz CT molecular complexity index is 355. The third-order valence-electron chi connectivity index (χ3n) is 2.18. The Kier molecular flexibility index (Phi) is 5.08. The highest BCUT2D eigenvalue weighted by Crippen LogP contribution is 2.24. The SMILES string of the molecule is CC(C)(C)c1csc(CS(=O)CCCN)n1. The first kappa shape index (κ1) is 13.8. The predicted octanol–water partition coefficient (Wildman–Crippen LogP) is 2.04. The van der Waals surface area contributed by atoms with Crippen molar-refractivity contribution >= 4 is 22.1 Å². The highest BCUT2D eigenvalue weighted by atomic mass is 32.2. The number of rotatable bonds is 5. The van der Waals surface area contributed by atoms with Gasteiger partial charge in [-0.2, -0.15) is 0 Å². The fraction of sp³-hybridized carbons (Fsp3) is 0.727. The molecule has 0 fully saturated rings.